The highest BCUT2D eigenvalue weighted by atomic mass is 32.1. The molecule has 1 heterocycles. The van der Waals surface area contributed by atoms with Crippen LogP contribution in [0.2, 0.25) is 0 Å². The Kier molecular flexibility index (Phi) is 2.37. The van der Waals surface area contributed by atoms with Crippen molar-refractivity contribution in [1.29, 1.82) is 0 Å². The van der Waals surface area contributed by atoms with Gasteiger partial charge in [0, 0.05) is 6.54 Å². The first-order chi connectivity index (χ1) is 6.09. The summed E-state index contributed by atoms with van der Waals surface area (Å²) in [5, 5.41) is 9.44. The van der Waals surface area contributed by atoms with Crippen LogP contribution < -0.4 is 0 Å². The predicted molar refractivity (Wildman–Crippen MR) is 56.8 cm³/mol. The van der Waals surface area contributed by atoms with Crippen molar-refractivity contribution in [2.24, 2.45) is 17.8 Å². The lowest BCUT2D eigenvalue weighted by molar-refractivity contribution is 0.119. The van der Waals surface area contributed by atoms with Crippen molar-refractivity contribution in [3.05, 3.63) is 0 Å². The molecule has 1 saturated heterocycles. The van der Waals surface area contributed by atoms with E-state index in [2.05, 4.69) is 31.5 Å². The van der Waals surface area contributed by atoms with Crippen LogP contribution in [-0.2, 0) is 0 Å². The van der Waals surface area contributed by atoms with Crippen LogP contribution in [0, 0.1) is 17.8 Å². The standard InChI is InChI=1S/C10H19NOS/c1-7-5-11(2)10(13,6-12)9(7)8-3-4-8/h7-9,12-13H,3-6H2,1-2H3/t7-,9+,10?/m0/s1. The molecule has 1 unspecified atom stereocenters. The molecule has 1 N–H and O–H groups in total. The molecule has 0 aromatic rings. The second-order valence-corrected chi connectivity index (χ2v) is 5.53. The first-order valence-corrected chi connectivity index (χ1v) is 5.59. The summed E-state index contributed by atoms with van der Waals surface area (Å²) in [6.07, 6.45) is 2.68. The molecule has 2 fully saturated rings. The van der Waals surface area contributed by atoms with E-state index in [0.717, 1.165) is 12.5 Å². The van der Waals surface area contributed by atoms with Gasteiger partial charge in [-0.05, 0) is 37.6 Å². The predicted octanol–water partition coefficient (Wildman–Crippen LogP) is 1.21. The zero-order chi connectivity index (χ0) is 9.64. The molecule has 1 aliphatic carbocycles. The zero-order valence-corrected chi connectivity index (χ0v) is 9.30. The lowest BCUT2D eigenvalue weighted by Gasteiger charge is -2.35. The van der Waals surface area contributed by atoms with Crippen LogP contribution in [0.4, 0.5) is 0 Å². The van der Waals surface area contributed by atoms with Gasteiger partial charge in [-0.1, -0.05) is 6.92 Å². The van der Waals surface area contributed by atoms with Crippen LogP contribution in [0.3, 0.4) is 0 Å². The Morgan fingerprint density at radius 1 is 1.54 bits per heavy atom. The van der Waals surface area contributed by atoms with Crippen LogP contribution in [0.15, 0.2) is 0 Å². The number of aliphatic hydroxyl groups excluding tert-OH is 1. The van der Waals surface area contributed by atoms with E-state index in [1.807, 2.05) is 0 Å². The second kappa shape index (κ2) is 3.14. The summed E-state index contributed by atoms with van der Waals surface area (Å²) in [5.74, 6) is 2.09. The number of aliphatic hydroxyl groups is 1. The number of likely N-dealkylation sites (tertiary alicyclic amines) is 1. The van der Waals surface area contributed by atoms with E-state index in [-0.39, 0.29) is 11.5 Å². The summed E-state index contributed by atoms with van der Waals surface area (Å²) in [7, 11) is 2.07. The summed E-state index contributed by atoms with van der Waals surface area (Å²) >= 11 is 4.69. The van der Waals surface area contributed by atoms with Crippen LogP contribution in [0.25, 0.3) is 0 Å². The maximum absolute atomic E-state index is 9.44. The number of thiol groups is 1. The molecule has 0 radical (unpaired) electrons. The van der Waals surface area contributed by atoms with Crippen molar-refractivity contribution in [2.45, 2.75) is 24.6 Å². The van der Waals surface area contributed by atoms with E-state index in [0.29, 0.717) is 11.8 Å². The minimum Gasteiger partial charge on any atom is -0.394 e. The van der Waals surface area contributed by atoms with Crippen molar-refractivity contribution < 1.29 is 5.11 Å². The van der Waals surface area contributed by atoms with Crippen molar-refractivity contribution >= 4 is 12.6 Å². The molecule has 3 atom stereocenters. The smallest absolute Gasteiger partial charge is 0.0906 e. The number of likely N-dealkylation sites (N-methyl/N-ethyl adjacent to an activating group) is 1. The lowest BCUT2D eigenvalue weighted by Crippen LogP contribution is -2.45. The van der Waals surface area contributed by atoms with Crippen molar-refractivity contribution in [1.82, 2.24) is 4.90 Å². The SMILES string of the molecule is C[C@H]1CN(C)C(S)(CO)[C@H]1C1CC1. The van der Waals surface area contributed by atoms with E-state index in [1.54, 1.807) is 0 Å². The number of hydrogen-bond acceptors (Lipinski definition) is 3. The summed E-state index contributed by atoms with van der Waals surface area (Å²) < 4.78 is 0. The van der Waals surface area contributed by atoms with Crippen molar-refractivity contribution in [3.8, 4) is 0 Å². The van der Waals surface area contributed by atoms with Gasteiger partial charge in [-0.2, -0.15) is 12.6 Å². The summed E-state index contributed by atoms with van der Waals surface area (Å²) in [5.41, 5.74) is 0. The first kappa shape index (κ1) is 9.81. The van der Waals surface area contributed by atoms with Gasteiger partial charge in [-0.25, -0.2) is 0 Å². The minimum absolute atomic E-state index is 0.179. The van der Waals surface area contributed by atoms with E-state index < -0.39 is 0 Å². The van der Waals surface area contributed by atoms with Crippen molar-refractivity contribution in [3.63, 3.8) is 0 Å². The molecule has 0 amide bonds. The van der Waals surface area contributed by atoms with Gasteiger partial charge < -0.3 is 5.11 Å². The van der Waals surface area contributed by atoms with Gasteiger partial charge in [0.05, 0.1) is 11.5 Å². The third kappa shape index (κ3) is 1.41. The molecule has 76 valence electrons. The average molecular weight is 201 g/mol. The summed E-state index contributed by atoms with van der Waals surface area (Å²) in [6.45, 7) is 3.54. The molecule has 13 heavy (non-hydrogen) atoms. The molecule has 2 aliphatic rings. The third-order valence-electron chi connectivity index (χ3n) is 3.73. The Balaban J connectivity index is 2.20. The second-order valence-electron chi connectivity index (χ2n) is 4.76. The summed E-state index contributed by atoms with van der Waals surface area (Å²) in [6, 6.07) is 0. The van der Waals surface area contributed by atoms with Crippen LogP contribution in [0.1, 0.15) is 19.8 Å². The molecule has 1 saturated carbocycles. The molecular formula is C10H19NOS. The normalized spacial score (nSPS) is 47.1. The molecular weight excluding hydrogens is 182 g/mol. The molecule has 3 heteroatoms. The molecule has 2 nitrogen and oxygen atoms in total. The van der Waals surface area contributed by atoms with E-state index in [9.17, 15) is 5.11 Å². The molecule has 2 rings (SSSR count). The molecule has 1 aliphatic heterocycles. The first-order valence-electron chi connectivity index (χ1n) is 5.14. The Labute approximate surface area is 85.7 Å². The topological polar surface area (TPSA) is 23.5 Å². The zero-order valence-electron chi connectivity index (χ0n) is 8.40. The highest BCUT2D eigenvalue weighted by Gasteiger charge is 2.53. The van der Waals surface area contributed by atoms with Crippen LogP contribution >= 0.6 is 12.6 Å². The van der Waals surface area contributed by atoms with Gasteiger partial charge in [0.1, 0.15) is 0 Å². The minimum atomic E-state index is -0.249. The maximum atomic E-state index is 9.44. The van der Waals surface area contributed by atoms with Gasteiger partial charge in [-0.3, -0.25) is 4.90 Å². The fraction of sp³-hybridized carbons (Fsp3) is 1.00. The van der Waals surface area contributed by atoms with Gasteiger partial charge >= 0.3 is 0 Å². The van der Waals surface area contributed by atoms with Gasteiger partial charge in [0.25, 0.3) is 0 Å². The van der Waals surface area contributed by atoms with Crippen molar-refractivity contribution in [2.75, 3.05) is 20.2 Å². The Bertz CT molecular complexity index is 207. The van der Waals surface area contributed by atoms with Gasteiger partial charge in [-0.15, -0.1) is 0 Å². The number of nitrogens with zero attached hydrogens (tertiary/aromatic N) is 1. The fourth-order valence-corrected chi connectivity index (χ4v) is 3.48. The lowest BCUT2D eigenvalue weighted by atomic mass is 9.87. The number of rotatable bonds is 2. The third-order valence-corrected chi connectivity index (χ3v) is 4.51. The summed E-state index contributed by atoms with van der Waals surface area (Å²) in [4.78, 5) is 1.96. The van der Waals surface area contributed by atoms with E-state index in [1.165, 1.54) is 12.8 Å². The molecule has 0 spiro atoms. The highest BCUT2D eigenvalue weighted by Crippen LogP contribution is 2.52. The Hall–Kier alpha value is 0.270. The molecule has 0 bridgehead atoms. The van der Waals surface area contributed by atoms with Crippen LogP contribution in [0.5, 0.6) is 0 Å². The van der Waals surface area contributed by atoms with E-state index in [4.69, 9.17) is 0 Å². The molecule has 0 aromatic heterocycles. The van der Waals surface area contributed by atoms with E-state index >= 15 is 0 Å². The Morgan fingerprint density at radius 3 is 2.62 bits per heavy atom. The Morgan fingerprint density at radius 2 is 2.15 bits per heavy atom. The quantitative estimate of drug-likeness (QED) is 0.656. The fourth-order valence-electron chi connectivity index (χ4n) is 2.94. The van der Waals surface area contributed by atoms with Crippen LogP contribution in [-0.4, -0.2) is 35.1 Å². The largest absolute Gasteiger partial charge is 0.394 e. The monoisotopic (exact) mass is 201 g/mol. The highest BCUT2D eigenvalue weighted by molar-refractivity contribution is 7.81. The molecule has 0 aromatic carbocycles. The maximum Gasteiger partial charge on any atom is 0.0906 e. The number of hydrogen-bond donors (Lipinski definition) is 2. The average Bonchev–Trinajstić information content (AvgIpc) is 2.84. The van der Waals surface area contributed by atoms with Gasteiger partial charge in [0.2, 0.25) is 0 Å². The van der Waals surface area contributed by atoms with Gasteiger partial charge in [0.15, 0.2) is 0 Å².